The van der Waals surface area contributed by atoms with Gasteiger partial charge in [-0.2, -0.15) is 0 Å². The molecule has 1 saturated heterocycles. The molecule has 0 spiro atoms. The SMILES string of the molecule is CCNc1ncnc(NCC(C)N2CCCC2)c1CC. The summed E-state index contributed by atoms with van der Waals surface area (Å²) in [5.41, 5.74) is 1.18. The molecule has 20 heavy (non-hydrogen) atoms. The summed E-state index contributed by atoms with van der Waals surface area (Å²) in [5, 5.41) is 6.82. The Morgan fingerprint density at radius 3 is 2.40 bits per heavy atom. The molecule has 1 aromatic rings. The van der Waals surface area contributed by atoms with E-state index in [0.29, 0.717) is 6.04 Å². The molecule has 0 saturated carbocycles. The Hall–Kier alpha value is -1.36. The average Bonchev–Trinajstić information content (AvgIpc) is 2.99. The molecule has 2 heterocycles. The lowest BCUT2D eigenvalue weighted by molar-refractivity contribution is 0.269. The van der Waals surface area contributed by atoms with E-state index in [1.54, 1.807) is 6.33 Å². The minimum Gasteiger partial charge on any atom is -0.370 e. The molecule has 1 fully saturated rings. The van der Waals surface area contributed by atoms with Crippen molar-refractivity contribution >= 4 is 11.6 Å². The van der Waals surface area contributed by atoms with Gasteiger partial charge in [0.1, 0.15) is 18.0 Å². The summed E-state index contributed by atoms with van der Waals surface area (Å²) in [6.45, 7) is 10.8. The Morgan fingerprint density at radius 2 is 1.80 bits per heavy atom. The van der Waals surface area contributed by atoms with Crippen molar-refractivity contribution in [1.82, 2.24) is 14.9 Å². The van der Waals surface area contributed by atoms with E-state index in [1.165, 1.54) is 31.5 Å². The molecule has 1 aliphatic rings. The number of nitrogens with zero attached hydrogens (tertiary/aromatic N) is 3. The van der Waals surface area contributed by atoms with Crippen LogP contribution in [0.5, 0.6) is 0 Å². The minimum absolute atomic E-state index is 0.555. The van der Waals surface area contributed by atoms with Crippen molar-refractivity contribution < 1.29 is 0 Å². The summed E-state index contributed by atoms with van der Waals surface area (Å²) in [4.78, 5) is 11.3. The predicted molar refractivity (Wildman–Crippen MR) is 84.3 cm³/mol. The van der Waals surface area contributed by atoms with Gasteiger partial charge in [-0.15, -0.1) is 0 Å². The van der Waals surface area contributed by atoms with Gasteiger partial charge in [0.15, 0.2) is 0 Å². The standard InChI is InChI=1S/C15H27N5/c1-4-13-14(16-5-2)18-11-19-15(13)17-10-12(3)20-8-6-7-9-20/h11-12H,4-10H2,1-3H3,(H2,16,17,18,19). The molecule has 112 valence electrons. The lowest BCUT2D eigenvalue weighted by Crippen LogP contribution is -2.35. The van der Waals surface area contributed by atoms with Crippen LogP contribution in [0.15, 0.2) is 6.33 Å². The lowest BCUT2D eigenvalue weighted by Gasteiger charge is -2.24. The van der Waals surface area contributed by atoms with E-state index in [1.807, 2.05) is 0 Å². The molecule has 2 N–H and O–H groups in total. The fourth-order valence-electron chi connectivity index (χ4n) is 2.78. The molecular formula is C15H27N5. The molecular weight excluding hydrogens is 250 g/mol. The zero-order valence-electron chi connectivity index (χ0n) is 12.9. The van der Waals surface area contributed by atoms with Crippen LogP contribution >= 0.6 is 0 Å². The number of likely N-dealkylation sites (tertiary alicyclic amines) is 1. The molecule has 5 heteroatoms. The molecule has 1 atom stereocenters. The van der Waals surface area contributed by atoms with Gasteiger partial charge in [0.05, 0.1) is 0 Å². The molecule has 0 radical (unpaired) electrons. The Balaban J connectivity index is 1.99. The lowest BCUT2D eigenvalue weighted by atomic mass is 10.2. The van der Waals surface area contributed by atoms with E-state index < -0.39 is 0 Å². The van der Waals surface area contributed by atoms with Crippen molar-refractivity contribution in [3.63, 3.8) is 0 Å². The van der Waals surface area contributed by atoms with Crippen LogP contribution in [0.3, 0.4) is 0 Å². The van der Waals surface area contributed by atoms with E-state index in [4.69, 9.17) is 0 Å². The van der Waals surface area contributed by atoms with Crippen molar-refractivity contribution in [1.29, 1.82) is 0 Å². The Kier molecular flexibility index (Phi) is 5.59. The van der Waals surface area contributed by atoms with Crippen molar-refractivity contribution in [3.05, 3.63) is 11.9 Å². The fraction of sp³-hybridized carbons (Fsp3) is 0.733. The van der Waals surface area contributed by atoms with Crippen molar-refractivity contribution in [2.75, 3.05) is 36.8 Å². The second kappa shape index (κ2) is 7.43. The van der Waals surface area contributed by atoms with Crippen molar-refractivity contribution in [3.8, 4) is 0 Å². The number of nitrogens with one attached hydrogen (secondary N) is 2. The zero-order chi connectivity index (χ0) is 14.4. The smallest absolute Gasteiger partial charge is 0.134 e. The third kappa shape index (κ3) is 3.60. The summed E-state index contributed by atoms with van der Waals surface area (Å²) >= 11 is 0. The van der Waals surface area contributed by atoms with Crippen molar-refractivity contribution in [2.45, 2.75) is 46.1 Å². The molecule has 1 aromatic heterocycles. The van der Waals surface area contributed by atoms with Crippen LogP contribution in [-0.4, -0.2) is 47.1 Å². The number of rotatable bonds is 7. The largest absolute Gasteiger partial charge is 0.370 e. The maximum absolute atomic E-state index is 4.41. The second-order valence-electron chi connectivity index (χ2n) is 5.41. The summed E-state index contributed by atoms with van der Waals surface area (Å²) in [6, 6.07) is 0.555. The Labute approximate surface area is 122 Å². The van der Waals surface area contributed by atoms with E-state index in [9.17, 15) is 0 Å². The van der Waals surface area contributed by atoms with E-state index >= 15 is 0 Å². The van der Waals surface area contributed by atoms with Gasteiger partial charge in [-0.1, -0.05) is 6.92 Å². The molecule has 2 rings (SSSR count). The van der Waals surface area contributed by atoms with Gasteiger partial charge in [0.2, 0.25) is 0 Å². The maximum atomic E-state index is 4.41. The highest BCUT2D eigenvalue weighted by Gasteiger charge is 2.18. The first-order valence-corrected chi connectivity index (χ1v) is 7.81. The summed E-state index contributed by atoms with van der Waals surface area (Å²) in [6.07, 6.45) is 5.24. The third-order valence-corrected chi connectivity index (χ3v) is 3.97. The normalized spacial score (nSPS) is 17.1. The predicted octanol–water partition coefficient (Wildman–Crippen LogP) is 2.37. The van der Waals surface area contributed by atoms with Gasteiger partial charge >= 0.3 is 0 Å². The first-order chi connectivity index (χ1) is 9.76. The van der Waals surface area contributed by atoms with Crippen LogP contribution in [0.2, 0.25) is 0 Å². The van der Waals surface area contributed by atoms with E-state index in [-0.39, 0.29) is 0 Å². The molecule has 1 unspecified atom stereocenters. The van der Waals surface area contributed by atoms with Gasteiger partial charge < -0.3 is 10.6 Å². The zero-order valence-corrected chi connectivity index (χ0v) is 12.9. The molecule has 0 aromatic carbocycles. The highest BCUT2D eigenvalue weighted by molar-refractivity contribution is 5.57. The highest BCUT2D eigenvalue weighted by atomic mass is 15.2. The van der Waals surface area contributed by atoms with Crippen LogP contribution in [0.25, 0.3) is 0 Å². The van der Waals surface area contributed by atoms with Crippen LogP contribution in [-0.2, 0) is 6.42 Å². The van der Waals surface area contributed by atoms with Gasteiger partial charge in [-0.05, 0) is 46.2 Å². The first-order valence-electron chi connectivity index (χ1n) is 7.81. The molecule has 1 aliphatic heterocycles. The van der Waals surface area contributed by atoms with E-state index in [0.717, 1.165) is 31.1 Å². The van der Waals surface area contributed by atoms with Crippen molar-refractivity contribution in [2.24, 2.45) is 0 Å². The van der Waals surface area contributed by atoms with Gasteiger partial charge in [-0.3, -0.25) is 4.90 Å². The Morgan fingerprint density at radius 1 is 1.15 bits per heavy atom. The van der Waals surface area contributed by atoms with Gasteiger partial charge in [-0.25, -0.2) is 9.97 Å². The number of hydrogen-bond acceptors (Lipinski definition) is 5. The van der Waals surface area contributed by atoms with Crippen LogP contribution in [0, 0.1) is 0 Å². The number of hydrogen-bond donors (Lipinski definition) is 2. The second-order valence-corrected chi connectivity index (χ2v) is 5.41. The third-order valence-electron chi connectivity index (χ3n) is 3.97. The number of aromatic nitrogens is 2. The summed E-state index contributed by atoms with van der Waals surface area (Å²) < 4.78 is 0. The Bertz CT molecular complexity index is 415. The monoisotopic (exact) mass is 277 g/mol. The molecule has 0 bridgehead atoms. The van der Waals surface area contributed by atoms with Crippen LogP contribution in [0.4, 0.5) is 11.6 Å². The summed E-state index contributed by atoms with van der Waals surface area (Å²) in [7, 11) is 0. The first kappa shape index (κ1) is 15.0. The minimum atomic E-state index is 0.555. The maximum Gasteiger partial charge on any atom is 0.134 e. The van der Waals surface area contributed by atoms with Crippen LogP contribution < -0.4 is 10.6 Å². The average molecular weight is 277 g/mol. The molecule has 0 amide bonds. The van der Waals surface area contributed by atoms with Gasteiger partial charge in [0.25, 0.3) is 0 Å². The molecule has 0 aliphatic carbocycles. The topological polar surface area (TPSA) is 53.1 Å². The van der Waals surface area contributed by atoms with E-state index in [2.05, 4.69) is 46.3 Å². The van der Waals surface area contributed by atoms with Gasteiger partial charge in [0, 0.05) is 24.7 Å². The summed E-state index contributed by atoms with van der Waals surface area (Å²) in [5.74, 6) is 1.94. The van der Waals surface area contributed by atoms with Crippen LogP contribution in [0.1, 0.15) is 39.2 Å². The molecule has 5 nitrogen and oxygen atoms in total. The highest BCUT2D eigenvalue weighted by Crippen LogP contribution is 2.20. The quantitative estimate of drug-likeness (QED) is 0.801. The number of anilines is 2. The fourth-order valence-corrected chi connectivity index (χ4v) is 2.78.